The molecule has 12 heavy (non-hydrogen) atoms. The maximum absolute atomic E-state index is 5.42. The molecular formula is C8H11N3O. The molecule has 64 valence electrons. The van der Waals surface area contributed by atoms with Gasteiger partial charge >= 0.3 is 0 Å². The highest BCUT2D eigenvalue weighted by Crippen LogP contribution is 2.49. The molecule has 4 nitrogen and oxygen atoms in total. The van der Waals surface area contributed by atoms with Crippen LogP contribution in [-0.2, 0) is 5.54 Å². The fourth-order valence-corrected chi connectivity index (χ4v) is 2.29. The summed E-state index contributed by atoms with van der Waals surface area (Å²) in [5.74, 6) is 2.29. The first-order valence-electron chi connectivity index (χ1n) is 4.34. The van der Waals surface area contributed by atoms with Gasteiger partial charge < -0.3 is 9.73 Å². The van der Waals surface area contributed by atoms with Crippen molar-refractivity contribution < 1.29 is 4.42 Å². The summed E-state index contributed by atoms with van der Waals surface area (Å²) in [6.45, 7) is 2.94. The average Bonchev–Trinajstić information content (AvgIpc) is 2.55. The minimum absolute atomic E-state index is 0.0614. The third-order valence-electron chi connectivity index (χ3n) is 2.94. The third-order valence-corrected chi connectivity index (χ3v) is 2.94. The number of nitrogens with zero attached hydrogens (tertiary/aromatic N) is 2. The summed E-state index contributed by atoms with van der Waals surface area (Å²) in [5.41, 5.74) is 0.0614. The second-order valence-electron chi connectivity index (χ2n) is 3.86. The van der Waals surface area contributed by atoms with Crippen molar-refractivity contribution >= 4 is 0 Å². The molecule has 1 N–H and O–H groups in total. The van der Waals surface area contributed by atoms with Crippen molar-refractivity contribution in [2.24, 2.45) is 5.92 Å². The molecule has 1 aliphatic carbocycles. The smallest absolute Gasteiger partial charge is 0.236 e. The van der Waals surface area contributed by atoms with Crippen LogP contribution < -0.4 is 5.32 Å². The van der Waals surface area contributed by atoms with E-state index >= 15 is 0 Å². The Kier molecular flexibility index (Phi) is 1.03. The summed E-state index contributed by atoms with van der Waals surface area (Å²) >= 11 is 0. The van der Waals surface area contributed by atoms with Crippen LogP contribution in [0.4, 0.5) is 0 Å². The van der Waals surface area contributed by atoms with Gasteiger partial charge in [-0.1, -0.05) is 0 Å². The van der Waals surface area contributed by atoms with E-state index in [1.54, 1.807) is 0 Å². The van der Waals surface area contributed by atoms with E-state index in [4.69, 9.17) is 4.42 Å². The lowest BCUT2D eigenvalue weighted by molar-refractivity contribution is 0.179. The lowest BCUT2D eigenvalue weighted by Crippen LogP contribution is -2.40. The fourth-order valence-electron chi connectivity index (χ4n) is 2.29. The Bertz CT molecular complexity index is 308. The van der Waals surface area contributed by atoms with Gasteiger partial charge in [0.05, 0.1) is 5.54 Å². The van der Waals surface area contributed by atoms with Gasteiger partial charge in [0, 0.05) is 6.92 Å². The van der Waals surface area contributed by atoms with Crippen molar-refractivity contribution in [1.82, 2.24) is 15.5 Å². The Morgan fingerprint density at radius 2 is 2.33 bits per heavy atom. The molecule has 0 unspecified atom stereocenters. The van der Waals surface area contributed by atoms with E-state index in [2.05, 4.69) is 15.5 Å². The molecule has 3 aliphatic rings. The lowest BCUT2D eigenvalue weighted by atomic mass is 9.73. The first-order chi connectivity index (χ1) is 5.78. The summed E-state index contributed by atoms with van der Waals surface area (Å²) in [6.07, 6.45) is 2.35. The van der Waals surface area contributed by atoms with E-state index < -0.39 is 0 Å². The van der Waals surface area contributed by atoms with Gasteiger partial charge in [0.15, 0.2) is 0 Å². The van der Waals surface area contributed by atoms with Gasteiger partial charge in [0.2, 0.25) is 11.8 Å². The van der Waals surface area contributed by atoms with Crippen LogP contribution in [0.15, 0.2) is 4.42 Å². The van der Waals surface area contributed by atoms with Gasteiger partial charge in [-0.25, -0.2) is 0 Å². The van der Waals surface area contributed by atoms with Crippen LogP contribution in [0.1, 0.15) is 24.6 Å². The highest BCUT2D eigenvalue weighted by atomic mass is 16.4. The Morgan fingerprint density at radius 1 is 1.50 bits per heavy atom. The van der Waals surface area contributed by atoms with Crippen LogP contribution in [0.3, 0.4) is 0 Å². The SMILES string of the molecule is Cc1nnc(C23CC(CN2)C3)o1. The predicted octanol–water partition coefficient (Wildman–Crippen LogP) is 0.587. The van der Waals surface area contributed by atoms with E-state index in [-0.39, 0.29) is 5.54 Å². The van der Waals surface area contributed by atoms with Crippen LogP contribution in [0.2, 0.25) is 0 Å². The number of aromatic nitrogens is 2. The molecule has 1 saturated carbocycles. The van der Waals surface area contributed by atoms with E-state index in [1.165, 1.54) is 12.8 Å². The standard InChI is InChI=1S/C8H11N3O/c1-5-10-11-7(12-5)8-2-6(3-8)4-9-8/h6,9H,2-4H2,1H3. The molecule has 3 heterocycles. The van der Waals surface area contributed by atoms with E-state index in [0.717, 1.165) is 18.4 Å². The van der Waals surface area contributed by atoms with Gasteiger partial charge in [-0.05, 0) is 25.3 Å². The second-order valence-corrected chi connectivity index (χ2v) is 3.86. The Morgan fingerprint density at radius 3 is 2.83 bits per heavy atom. The monoisotopic (exact) mass is 165 g/mol. The molecule has 0 aromatic carbocycles. The van der Waals surface area contributed by atoms with Gasteiger partial charge in [0.1, 0.15) is 0 Å². The number of hydrogen-bond acceptors (Lipinski definition) is 4. The molecular weight excluding hydrogens is 154 g/mol. The van der Waals surface area contributed by atoms with Crippen LogP contribution in [0.5, 0.6) is 0 Å². The maximum atomic E-state index is 5.42. The van der Waals surface area contributed by atoms with E-state index in [1.807, 2.05) is 6.92 Å². The number of fused-ring (bicyclic) bond motifs is 1. The third kappa shape index (κ3) is 0.659. The van der Waals surface area contributed by atoms with Gasteiger partial charge in [0.25, 0.3) is 0 Å². The van der Waals surface area contributed by atoms with Gasteiger partial charge in [-0.2, -0.15) is 0 Å². The largest absolute Gasteiger partial charge is 0.424 e. The molecule has 2 bridgehead atoms. The first kappa shape index (κ1) is 6.60. The molecule has 4 rings (SSSR count). The summed E-state index contributed by atoms with van der Waals surface area (Å²) in [6, 6.07) is 0. The minimum Gasteiger partial charge on any atom is -0.424 e. The van der Waals surface area contributed by atoms with Crippen molar-refractivity contribution in [3.05, 3.63) is 11.8 Å². The minimum atomic E-state index is 0.0614. The van der Waals surface area contributed by atoms with Gasteiger partial charge in [-0.15, -0.1) is 10.2 Å². The number of rotatable bonds is 1. The van der Waals surface area contributed by atoms with Crippen LogP contribution in [0, 0.1) is 12.8 Å². The Balaban J connectivity index is 1.98. The lowest BCUT2D eigenvalue weighted by Gasteiger charge is -2.33. The summed E-state index contributed by atoms with van der Waals surface area (Å²) in [5, 5.41) is 11.3. The topological polar surface area (TPSA) is 51.0 Å². The number of hydrogen-bond donors (Lipinski definition) is 1. The molecule has 2 aliphatic heterocycles. The quantitative estimate of drug-likeness (QED) is 0.661. The van der Waals surface area contributed by atoms with Crippen molar-refractivity contribution in [1.29, 1.82) is 0 Å². The van der Waals surface area contributed by atoms with E-state index in [9.17, 15) is 0 Å². The highest BCUT2D eigenvalue weighted by molar-refractivity contribution is 5.16. The zero-order valence-corrected chi connectivity index (χ0v) is 7.00. The highest BCUT2D eigenvalue weighted by Gasteiger charge is 2.54. The zero-order chi connectivity index (χ0) is 8.18. The zero-order valence-electron chi connectivity index (χ0n) is 7.00. The summed E-state index contributed by atoms with van der Waals surface area (Å²) in [7, 11) is 0. The molecule has 0 spiro atoms. The van der Waals surface area contributed by atoms with Crippen molar-refractivity contribution in [3.63, 3.8) is 0 Å². The van der Waals surface area contributed by atoms with E-state index in [0.29, 0.717) is 5.89 Å². The molecule has 0 atom stereocenters. The second kappa shape index (κ2) is 1.88. The first-order valence-corrected chi connectivity index (χ1v) is 4.34. The van der Waals surface area contributed by atoms with Crippen LogP contribution >= 0.6 is 0 Å². The molecule has 0 radical (unpaired) electrons. The molecule has 0 amide bonds. The number of aryl methyl sites for hydroxylation is 1. The van der Waals surface area contributed by atoms with Crippen LogP contribution in [0.25, 0.3) is 0 Å². The maximum Gasteiger partial charge on any atom is 0.236 e. The van der Waals surface area contributed by atoms with Crippen LogP contribution in [-0.4, -0.2) is 16.7 Å². The van der Waals surface area contributed by atoms with Gasteiger partial charge in [-0.3, -0.25) is 0 Å². The van der Waals surface area contributed by atoms with Crippen molar-refractivity contribution in [2.75, 3.05) is 6.54 Å². The molecule has 1 aromatic rings. The summed E-state index contributed by atoms with van der Waals surface area (Å²) < 4.78 is 5.42. The average molecular weight is 165 g/mol. The summed E-state index contributed by atoms with van der Waals surface area (Å²) in [4.78, 5) is 0. The van der Waals surface area contributed by atoms with Crippen molar-refractivity contribution in [2.45, 2.75) is 25.3 Å². The predicted molar refractivity (Wildman–Crippen MR) is 41.4 cm³/mol. The van der Waals surface area contributed by atoms with Crippen molar-refractivity contribution in [3.8, 4) is 0 Å². The fraction of sp³-hybridized carbons (Fsp3) is 0.750. The molecule has 4 heteroatoms. The Hall–Kier alpha value is -0.900. The molecule has 2 saturated heterocycles. The molecule has 3 fully saturated rings. The Labute approximate surface area is 70.4 Å². The number of nitrogens with one attached hydrogen (secondary N) is 1. The molecule has 1 aromatic heterocycles. The normalized spacial score (nSPS) is 38.2.